The van der Waals surface area contributed by atoms with Gasteiger partial charge in [-0.15, -0.1) is 0 Å². The Hall–Kier alpha value is -0.160. The van der Waals surface area contributed by atoms with Gasteiger partial charge in [-0.3, -0.25) is 4.90 Å². The summed E-state index contributed by atoms with van der Waals surface area (Å²) in [5.41, 5.74) is 6.04. The molecule has 0 radical (unpaired) electrons. The minimum absolute atomic E-state index is 0.00461. The summed E-state index contributed by atoms with van der Waals surface area (Å²) in [5.74, 6) is 0.623. The van der Waals surface area contributed by atoms with Crippen LogP contribution in [0.25, 0.3) is 0 Å². The Kier molecular flexibility index (Phi) is 8.78. The molecule has 2 unspecified atom stereocenters. The Morgan fingerprint density at radius 1 is 1.17 bits per heavy atom. The van der Waals surface area contributed by atoms with E-state index in [1.807, 2.05) is 0 Å². The molecule has 0 aromatic rings. The lowest BCUT2D eigenvalue weighted by Gasteiger charge is -2.45. The van der Waals surface area contributed by atoms with Gasteiger partial charge in [-0.1, -0.05) is 13.8 Å². The zero-order chi connectivity index (χ0) is 14.2. The quantitative estimate of drug-likeness (QED) is 0.650. The first kappa shape index (κ1) is 17.8. The molecule has 0 heterocycles. The molecule has 0 aliphatic rings. The first-order valence-electron chi connectivity index (χ1n) is 6.86. The Bertz CT molecular complexity index is 212. The van der Waals surface area contributed by atoms with Crippen LogP contribution in [0.1, 0.15) is 34.1 Å². The molecular weight excluding hydrogens is 228 g/mol. The topological polar surface area (TPSA) is 47.7 Å². The molecule has 4 nitrogen and oxygen atoms in total. The summed E-state index contributed by atoms with van der Waals surface area (Å²) >= 11 is 0. The molecule has 4 heteroatoms. The maximum Gasteiger partial charge on any atom is 0.0615 e. The van der Waals surface area contributed by atoms with Crippen molar-refractivity contribution in [3.05, 3.63) is 0 Å². The van der Waals surface area contributed by atoms with Gasteiger partial charge in [0.1, 0.15) is 0 Å². The molecule has 2 atom stereocenters. The molecule has 0 amide bonds. The fourth-order valence-electron chi connectivity index (χ4n) is 2.74. The lowest BCUT2D eigenvalue weighted by atomic mass is 9.87. The second-order valence-corrected chi connectivity index (χ2v) is 5.79. The fraction of sp³-hybridized carbons (Fsp3) is 1.00. The number of hydrogen-bond donors (Lipinski definition) is 1. The Morgan fingerprint density at radius 2 is 1.78 bits per heavy atom. The van der Waals surface area contributed by atoms with Gasteiger partial charge in [0.2, 0.25) is 0 Å². The van der Waals surface area contributed by atoms with Crippen LogP contribution in [0.15, 0.2) is 0 Å². The molecule has 0 bridgehead atoms. The van der Waals surface area contributed by atoms with E-state index in [0.29, 0.717) is 18.5 Å². The Morgan fingerprint density at radius 3 is 2.17 bits per heavy atom. The molecule has 0 aromatic carbocycles. The Balaban J connectivity index is 4.85. The van der Waals surface area contributed by atoms with Crippen LogP contribution in [0, 0.1) is 5.92 Å². The number of methoxy groups -OCH3 is 2. The summed E-state index contributed by atoms with van der Waals surface area (Å²) in [5, 5.41) is 0. The highest BCUT2D eigenvalue weighted by atomic mass is 16.5. The molecule has 0 rings (SSSR count). The smallest absolute Gasteiger partial charge is 0.0615 e. The van der Waals surface area contributed by atoms with E-state index in [1.165, 1.54) is 0 Å². The monoisotopic (exact) mass is 260 g/mol. The van der Waals surface area contributed by atoms with Crippen LogP contribution in [0.2, 0.25) is 0 Å². The third-order valence-corrected chi connectivity index (χ3v) is 3.46. The van der Waals surface area contributed by atoms with Gasteiger partial charge < -0.3 is 15.2 Å². The van der Waals surface area contributed by atoms with Gasteiger partial charge in [0, 0.05) is 38.9 Å². The zero-order valence-electron chi connectivity index (χ0n) is 13.0. The van der Waals surface area contributed by atoms with Crippen molar-refractivity contribution in [1.29, 1.82) is 0 Å². The second-order valence-electron chi connectivity index (χ2n) is 5.79. The molecule has 0 saturated heterocycles. The van der Waals surface area contributed by atoms with E-state index in [2.05, 4.69) is 32.6 Å². The van der Waals surface area contributed by atoms with Crippen LogP contribution in [0.3, 0.4) is 0 Å². The first-order valence-corrected chi connectivity index (χ1v) is 6.86. The lowest BCUT2D eigenvalue weighted by molar-refractivity contribution is -0.00162. The third kappa shape index (κ3) is 5.65. The SMILES string of the molecule is COCCN(C(C)COC)C(C)(CN)CC(C)C. The first-order chi connectivity index (χ1) is 8.41. The van der Waals surface area contributed by atoms with Gasteiger partial charge in [0.15, 0.2) is 0 Å². The molecule has 0 fully saturated rings. The predicted octanol–water partition coefficient (Wildman–Crippen LogP) is 1.73. The van der Waals surface area contributed by atoms with Gasteiger partial charge in [-0.25, -0.2) is 0 Å². The van der Waals surface area contributed by atoms with Crippen molar-refractivity contribution in [3.63, 3.8) is 0 Å². The molecule has 0 aromatic heterocycles. The standard InChI is InChI=1S/C14H32N2O2/c1-12(2)9-14(4,11-15)16(7-8-17-5)13(3)10-18-6/h12-13H,7-11,15H2,1-6H3. The summed E-state index contributed by atoms with van der Waals surface area (Å²) in [4.78, 5) is 2.43. The minimum Gasteiger partial charge on any atom is -0.383 e. The van der Waals surface area contributed by atoms with Gasteiger partial charge in [-0.2, -0.15) is 0 Å². The average molecular weight is 260 g/mol. The van der Waals surface area contributed by atoms with E-state index >= 15 is 0 Å². The highest BCUT2D eigenvalue weighted by Crippen LogP contribution is 2.25. The molecule has 0 aliphatic heterocycles. The zero-order valence-corrected chi connectivity index (χ0v) is 13.0. The molecule has 0 aliphatic carbocycles. The van der Waals surface area contributed by atoms with E-state index in [1.54, 1.807) is 14.2 Å². The normalized spacial score (nSPS) is 17.2. The van der Waals surface area contributed by atoms with Crippen molar-refractivity contribution in [2.75, 3.05) is 40.5 Å². The predicted molar refractivity (Wildman–Crippen MR) is 76.8 cm³/mol. The largest absolute Gasteiger partial charge is 0.383 e. The summed E-state index contributed by atoms with van der Waals surface area (Å²) < 4.78 is 10.5. The van der Waals surface area contributed by atoms with Crippen molar-refractivity contribution in [1.82, 2.24) is 4.90 Å². The molecule has 0 saturated carbocycles. The van der Waals surface area contributed by atoms with E-state index in [-0.39, 0.29) is 5.54 Å². The van der Waals surface area contributed by atoms with Crippen LogP contribution in [0.4, 0.5) is 0 Å². The molecule has 0 spiro atoms. The van der Waals surface area contributed by atoms with E-state index in [4.69, 9.17) is 15.2 Å². The molecule has 18 heavy (non-hydrogen) atoms. The average Bonchev–Trinajstić information content (AvgIpc) is 2.28. The van der Waals surface area contributed by atoms with Gasteiger partial charge in [0.05, 0.1) is 13.2 Å². The number of nitrogens with two attached hydrogens (primary N) is 1. The van der Waals surface area contributed by atoms with Crippen molar-refractivity contribution >= 4 is 0 Å². The second kappa shape index (κ2) is 8.86. The van der Waals surface area contributed by atoms with Gasteiger partial charge in [0.25, 0.3) is 0 Å². The van der Waals surface area contributed by atoms with Crippen LogP contribution >= 0.6 is 0 Å². The molecule has 110 valence electrons. The van der Waals surface area contributed by atoms with Crippen molar-refractivity contribution < 1.29 is 9.47 Å². The summed E-state index contributed by atoms with van der Waals surface area (Å²) in [7, 11) is 3.48. The van der Waals surface area contributed by atoms with E-state index in [9.17, 15) is 0 Å². The third-order valence-electron chi connectivity index (χ3n) is 3.46. The van der Waals surface area contributed by atoms with Gasteiger partial charge in [-0.05, 0) is 26.2 Å². The van der Waals surface area contributed by atoms with Crippen molar-refractivity contribution in [2.24, 2.45) is 11.7 Å². The number of hydrogen-bond acceptors (Lipinski definition) is 4. The summed E-state index contributed by atoms with van der Waals surface area (Å²) in [6, 6.07) is 0.345. The number of nitrogens with zero attached hydrogens (tertiary/aromatic N) is 1. The van der Waals surface area contributed by atoms with Crippen LogP contribution in [0.5, 0.6) is 0 Å². The van der Waals surface area contributed by atoms with E-state index in [0.717, 1.165) is 26.2 Å². The van der Waals surface area contributed by atoms with Crippen molar-refractivity contribution in [2.45, 2.75) is 45.7 Å². The fourth-order valence-corrected chi connectivity index (χ4v) is 2.74. The van der Waals surface area contributed by atoms with Crippen LogP contribution < -0.4 is 5.73 Å². The van der Waals surface area contributed by atoms with Gasteiger partial charge >= 0.3 is 0 Å². The van der Waals surface area contributed by atoms with E-state index < -0.39 is 0 Å². The Labute approximate surface area is 113 Å². The van der Waals surface area contributed by atoms with Crippen molar-refractivity contribution in [3.8, 4) is 0 Å². The summed E-state index contributed by atoms with van der Waals surface area (Å²) in [6.45, 7) is 11.9. The highest BCUT2D eigenvalue weighted by Gasteiger charge is 2.34. The van der Waals surface area contributed by atoms with Crippen LogP contribution in [-0.2, 0) is 9.47 Å². The highest BCUT2D eigenvalue weighted by molar-refractivity contribution is 4.91. The number of rotatable bonds is 10. The molecule has 2 N–H and O–H groups in total. The van der Waals surface area contributed by atoms with Crippen LogP contribution in [-0.4, -0.2) is 57.0 Å². The maximum atomic E-state index is 6.04. The minimum atomic E-state index is 0.00461. The molecular formula is C14H32N2O2. The maximum absolute atomic E-state index is 6.04. The lowest BCUT2D eigenvalue weighted by Crippen LogP contribution is -2.57. The summed E-state index contributed by atoms with van der Waals surface area (Å²) in [6.07, 6.45) is 1.08. The number of ether oxygens (including phenoxy) is 2.